The van der Waals surface area contributed by atoms with Crippen molar-refractivity contribution in [3.63, 3.8) is 0 Å². The number of hydrogen-bond acceptors (Lipinski definition) is 4. The van der Waals surface area contributed by atoms with Crippen molar-refractivity contribution >= 4 is 74.3 Å². The lowest BCUT2D eigenvalue weighted by Gasteiger charge is -2.14. The van der Waals surface area contributed by atoms with Gasteiger partial charge in [-0.15, -0.1) is 0 Å². The zero-order chi connectivity index (χ0) is 24.2. The molecule has 3 aromatic carbocycles. The standard InChI is InChI=1S/C24H16BrCl2N3O4/c25-19-11-14(10-18-23(32)29-30(24(18)33)17-4-2-1-3-5-17)12-20(27)22(19)34-13-21(31)28-16-8-6-15(26)7-9-16/h1-12H,13H2,(H,28,31)(H,29,32)/b18-10-. The minimum absolute atomic E-state index is 0.0390. The molecule has 1 aliphatic rings. The number of nitrogens with zero attached hydrogens (tertiary/aromatic N) is 1. The van der Waals surface area contributed by atoms with Crippen LogP contribution in [0.1, 0.15) is 5.56 Å². The Morgan fingerprint density at radius 3 is 2.44 bits per heavy atom. The number of amides is 3. The van der Waals surface area contributed by atoms with Crippen molar-refractivity contribution in [2.75, 3.05) is 16.9 Å². The van der Waals surface area contributed by atoms with E-state index in [1.807, 2.05) is 6.07 Å². The molecule has 2 N–H and O–H groups in total. The van der Waals surface area contributed by atoms with E-state index < -0.39 is 11.8 Å². The first kappa shape index (κ1) is 23.8. The van der Waals surface area contributed by atoms with Gasteiger partial charge in [0.2, 0.25) is 0 Å². The Bertz CT molecular complexity index is 1270. The number of para-hydroxylation sites is 1. The third kappa shape index (κ3) is 5.41. The molecular weight excluding hydrogens is 545 g/mol. The number of hydrogen-bond donors (Lipinski definition) is 2. The van der Waals surface area contributed by atoms with E-state index in [2.05, 4.69) is 26.7 Å². The monoisotopic (exact) mass is 559 g/mol. The molecule has 34 heavy (non-hydrogen) atoms. The SMILES string of the molecule is O=C(COc1c(Cl)cc(/C=C2/C(=O)NN(c3ccccc3)C2=O)cc1Br)Nc1ccc(Cl)cc1. The molecule has 0 aliphatic carbocycles. The van der Waals surface area contributed by atoms with E-state index in [0.717, 1.165) is 0 Å². The molecule has 1 aliphatic heterocycles. The van der Waals surface area contributed by atoms with E-state index >= 15 is 0 Å². The third-order valence-corrected chi connectivity index (χ3v) is 5.83. The van der Waals surface area contributed by atoms with Gasteiger partial charge in [-0.2, -0.15) is 0 Å². The molecule has 1 saturated heterocycles. The van der Waals surface area contributed by atoms with Crippen LogP contribution in [0, 0.1) is 0 Å². The van der Waals surface area contributed by atoms with Crippen LogP contribution >= 0.6 is 39.1 Å². The first-order valence-corrected chi connectivity index (χ1v) is 11.5. The van der Waals surface area contributed by atoms with Crippen LogP contribution in [0.15, 0.2) is 76.8 Å². The van der Waals surface area contributed by atoms with E-state index in [4.69, 9.17) is 27.9 Å². The van der Waals surface area contributed by atoms with Gasteiger partial charge in [-0.3, -0.25) is 19.8 Å². The Balaban J connectivity index is 1.46. The van der Waals surface area contributed by atoms with E-state index in [1.54, 1.807) is 54.6 Å². The van der Waals surface area contributed by atoms with Gasteiger partial charge in [-0.25, -0.2) is 5.01 Å². The summed E-state index contributed by atoms with van der Waals surface area (Å²) in [6, 6.07) is 18.6. The topological polar surface area (TPSA) is 87.7 Å². The summed E-state index contributed by atoms with van der Waals surface area (Å²) >= 11 is 15.6. The second-order valence-corrected chi connectivity index (χ2v) is 8.83. The number of ether oxygens (including phenoxy) is 1. The molecule has 0 radical (unpaired) electrons. The molecule has 3 amide bonds. The molecule has 1 fully saturated rings. The number of rotatable bonds is 6. The Labute approximate surface area is 213 Å². The highest BCUT2D eigenvalue weighted by molar-refractivity contribution is 9.10. The number of halogens is 3. The van der Waals surface area contributed by atoms with Gasteiger partial charge in [0.15, 0.2) is 12.4 Å². The Hall–Kier alpha value is -3.33. The Kier molecular flexibility index (Phi) is 7.21. The minimum Gasteiger partial charge on any atom is -0.481 e. The molecule has 0 aromatic heterocycles. The maximum atomic E-state index is 12.8. The van der Waals surface area contributed by atoms with Crippen LogP contribution in [0.25, 0.3) is 6.08 Å². The van der Waals surface area contributed by atoms with Gasteiger partial charge >= 0.3 is 0 Å². The van der Waals surface area contributed by atoms with Gasteiger partial charge in [0.05, 0.1) is 15.2 Å². The van der Waals surface area contributed by atoms with Crippen LogP contribution in [-0.4, -0.2) is 24.3 Å². The molecular formula is C24H16BrCl2N3O4. The van der Waals surface area contributed by atoms with Crippen molar-refractivity contribution in [1.82, 2.24) is 5.43 Å². The van der Waals surface area contributed by atoms with Gasteiger partial charge < -0.3 is 10.1 Å². The molecule has 172 valence electrons. The molecule has 7 nitrogen and oxygen atoms in total. The summed E-state index contributed by atoms with van der Waals surface area (Å²) < 4.78 is 6.03. The van der Waals surface area contributed by atoms with Crippen LogP contribution in [0.5, 0.6) is 5.75 Å². The number of carbonyl (C=O) groups is 3. The number of anilines is 2. The second-order valence-electron chi connectivity index (χ2n) is 7.13. The van der Waals surface area contributed by atoms with Gasteiger partial charge in [-0.1, -0.05) is 41.4 Å². The molecule has 0 unspecified atom stereocenters. The Morgan fingerprint density at radius 2 is 1.76 bits per heavy atom. The van der Waals surface area contributed by atoms with Gasteiger partial charge in [0.1, 0.15) is 5.57 Å². The quantitative estimate of drug-likeness (QED) is 0.319. The fourth-order valence-electron chi connectivity index (χ4n) is 3.15. The molecule has 0 spiro atoms. The van der Waals surface area contributed by atoms with Crippen molar-refractivity contribution < 1.29 is 19.1 Å². The predicted octanol–water partition coefficient (Wildman–Crippen LogP) is 5.23. The molecule has 0 saturated carbocycles. The van der Waals surface area contributed by atoms with Crippen LogP contribution in [0.3, 0.4) is 0 Å². The van der Waals surface area contributed by atoms with Crippen LogP contribution in [-0.2, 0) is 14.4 Å². The highest BCUT2D eigenvalue weighted by Gasteiger charge is 2.34. The highest BCUT2D eigenvalue weighted by atomic mass is 79.9. The zero-order valence-corrected chi connectivity index (χ0v) is 20.4. The largest absolute Gasteiger partial charge is 0.481 e. The number of hydrazine groups is 1. The summed E-state index contributed by atoms with van der Waals surface area (Å²) in [5.74, 6) is -1.14. The first-order chi connectivity index (χ1) is 16.3. The number of nitrogens with one attached hydrogen (secondary N) is 2. The zero-order valence-electron chi connectivity index (χ0n) is 17.3. The van der Waals surface area contributed by atoms with Crippen molar-refractivity contribution in [1.29, 1.82) is 0 Å². The lowest BCUT2D eigenvalue weighted by Crippen LogP contribution is -2.35. The van der Waals surface area contributed by atoms with E-state index in [0.29, 0.717) is 26.4 Å². The van der Waals surface area contributed by atoms with Crippen molar-refractivity contribution in [2.24, 2.45) is 0 Å². The average molecular weight is 561 g/mol. The average Bonchev–Trinajstić information content (AvgIpc) is 3.09. The van der Waals surface area contributed by atoms with E-state index in [-0.39, 0.29) is 28.9 Å². The molecule has 10 heteroatoms. The molecule has 1 heterocycles. The van der Waals surface area contributed by atoms with E-state index in [9.17, 15) is 14.4 Å². The number of benzene rings is 3. The summed E-state index contributed by atoms with van der Waals surface area (Å²) in [5, 5.41) is 4.63. The normalized spacial score (nSPS) is 14.3. The van der Waals surface area contributed by atoms with Crippen molar-refractivity contribution in [2.45, 2.75) is 0 Å². The van der Waals surface area contributed by atoms with Gasteiger partial charge in [-0.05, 0) is 76.1 Å². The number of carbonyl (C=O) groups excluding carboxylic acids is 3. The highest BCUT2D eigenvalue weighted by Crippen LogP contribution is 2.35. The lowest BCUT2D eigenvalue weighted by molar-refractivity contribution is -0.118. The van der Waals surface area contributed by atoms with Gasteiger partial charge in [0.25, 0.3) is 17.7 Å². The van der Waals surface area contributed by atoms with Crippen LogP contribution in [0.2, 0.25) is 10.0 Å². The van der Waals surface area contributed by atoms with E-state index in [1.165, 1.54) is 17.2 Å². The molecule has 0 bridgehead atoms. The molecule has 3 aromatic rings. The lowest BCUT2D eigenvalue weighted by atomic mass is 10.1. The van der Waals surface area contributed by atoms with Crippen LogP contribution < -0.4 is 20.5 Å². The molecule has 0 atom stereocenters. The fraction of sp³-hybridized carbons (Fsp3) is 0.0417. The maximum Gasteiger partial charge on any atom is 0.282 e. The molecule has 4 rings (SSSR count). The third-order valence-electron chi connectivity index (χ3n) is 4.71. The minimum atomic E-state index is -0.528. The van der Waals surface area contributed by atoms with Crippen LogP contribution in [0.4, 0.5) is 11.4 Å². The maximum absolute atomic E-state index is 12.8. The Morgan fingerprint density at radius 1 is 1.06 bits per heavy atom. The van der Waals surface area contributed by atoms with Crippen molar-refractivity contribution in [3.05, 3.63) is 92.4 Å². The summed E-state index contributed by atoms with van der Waals surface area (Å²) in [7, 11) is 0. The summed E-state index contributed by atoms with van der Waals surface area (Å²) in [6.07, 6.45) is 1.44. The second kappa shape index (κ2) is 10.3. The smallest absolute Gasteiger partial charge is 0.282 e. The summed E-state index contributed by atoms with van der Waals surface area (Å²) in [5.41, 5.74) is 4.13. The fourth-order valence-corrected chi connectivity index (χ4v) is 4.27. The van der Waals surface area contributed by atoms with Gasteiger partial charge in [0, 0.05) is 10.7 Å². The summed E-state index contributed by atoms with van der Waals surface area (Å²) in [6.45, 7) is -0.283. The van der Waals surface area contributed by atoms with Crippen molar-refractivity contribution in [3.8, 4) is 5.75 Å². The first-order valence-electron chi connectivity index (χ1n) is 9.91. The predicted molar refractivity (Wildman–Crippen MR) is 135 cm³/mol. The summed E-state index contributed by atoms with van der Waals surface area (Å²) in [4.78, 5) is 37.3.